The van der Waals surface area contributed by atoms with Crippen LogP contribution >= 0.6 is 11.3 Å². The van der Waals surface area contributed by atoms with Crippen LogP contribution < -0.4 is 0 Å². The Morgan fingerprint density at radius 1 is 1.06 bits per heavy atom. The summed E-state index contributed by atoms with van der Waals surface area (Å²) in [5, 5.41) is 3.56. The van der Waals surface area contributed by atoms with Crippen molar-refractivity contribution in [1.82, 2.24) is 0 Å². The summed E-state index contributed by atoms with van der Waals surface area (Å²) in [6, 6.07) is 13.5. The lowest BCUT2D eigenvalue weighted by molar-refractivity contribution is 0.869. The molecule has 2 aliphatic rings. The molecule has 1 aromatic heterocycles. The maximum Gasteiger partial charge on any atom is 0.0355 e. The standard InChI is InChI=1S/C15H14S/c1-10(2)11-4-3-5-13-12(8-11)9-15-14(13)6-7-16-15/h3-10H,1-2H3. The molecular formula is C15H14S. The van der Waals surface area contributed by atoms with Gasteiger partial charge >= 0.3 is 0 Å². The summed E-state index contributed by atoms with van der Waals surface area (Å²) in [5.74, 6) is 0.587. The minimum Gasteiger partial charge on any atom is -0.144 e. The van der Waals surface area contributed by atoms with Crippen LogP contribution in [0.3, 0.4) is 0 Å². The van der Waals surface area contributed by atoms with Crippen LogP contribution in [0.1, 0.15) is 25.3 Å². The third-order valence-electron chi connectivity index (χ3n) is 3.12. The minimum absolute atomic E-state index is 0.587. The van der Waals surface area contributed by atoms with Crippen LogP contribution in [0.5, 0.6) is 0 Å². The van der Waals surface area contributed by atoms with E-state index in [0.717, 1.165) is 0 Å². The van der Waals surface area contributed by atoms with Crippen molar-refractivity contribution in [2.75, 3.05) is 0 Å². The first kappa shape index (κ1) is 9.86. The lowest BCUT2D eigenvalue weighted by Crippen LogP contribution is -1.82. The average Bonchev–Trinajstić information content (AvgIpc) is 2.73. The van der Waals surface area contributed by atoms with Gasteiger partial charge in [0.05, 0.1) is 0 Å². The van der Waals surface area contributed by atoms with E-state index in [0.29, 0.717) is 5.92 Å². The van der Waals surface area contributed by atoms with Crippen molar-refractivity contribution in [2.24, 2.45) is 0 Å². The lowest BCUT2D eigenvalue weighted by Gasteiger charge is -2.01. The van der Waals surface area contributed by atoms with Gasteiger partial charge in [-0.25, -0.2) is 0 Å². The summed E-state index contributed by atoms with van der Waals surface area (Å²) in [5.41, 5.74) is 4.16. The zero-order chi connectivity index (χ0) is 11.1. The second-order valence-corrected chi connectivity index (χ2v) is 5.48. The first-order valence-electron chi connectivity index (χ1n) is 5.65. The molecule has 80 valence electrons. The van der Waals surface area contributed by atoms with Crippen LogP contribution in [0.4, 0.5) is 0 Å². The van der Waals surface area contributed by atoms with Crippen molar-refractivity contribution >= 4 is 21.4 Å². The van der Waals surface area contributed by atoms with Crippen molar-refractivity contribution in [3.05, 3.63) is 47.3 Å². The highest BCUT2D eigenvalue weighted by Gasteiger charge is 2.10. The summed E-state index contributed by atoms with van der Waals surface area (Å²) in [7, 11) is 0. The molecule has 2 aliphatic carbocycles. The molecule has 0 nitrogen and oxygen atoms in total. The predicted molar refractivity (Wildman–Crippen MR) is 72.5 cm³/mol. The Labute approximate surface area is 99.9 Å². The van der Waals surface area contributed by atoms with Gasteiger partial charge in [0.1, 0.15) is 0 Å². The van der Waals surface area contributed by atoms with E-state index < -0.39 is 0 Å². The second kappa shape index (κ2) is 3.60. The monoisotopic (exact) mass is 226 g/mol. The minimum atomic E-state index is 0.587. The number of hydrogen-bond donors (Lipinski definition) is 0. The van der Waals surface area contributed by atoms with Gasteiger partial charge in [-0.05, 0) is 40.1 Å². The van der Waals surface area contributed by atoms with E-state index >= 15 is 0 Å². The van der Waals surface area contributed by atoms with Crippen molar-refractivity contribution in [1.29, 1.82) is 0 Å². The molecule has 0 bridgehead atoms. The number of hydrogen-bond acceptors (Lipinski definition) is 1. The van der Waals surface area contributed by atoms with Crippen molar-refractivity contribution in [3.63, 3.8) is 0 Å². The van der Waals surface area contributed by atoms with Gasteiger partial charge in [0.2, 0.25) is 0 Å². The average molecular weight is 226 g/mol. The smallest absolute Gasteiger partial charge is 0.0355 e. The van der Waals surface area contributed by atoms with E-state index in [-0.39, 0.29) is 0 Å². The highest BCUT2D eigenvalue weighted by atomic mass is 32.1. The Bertz CT molecular complexity index is 604. The van der Waals surface area contributed by atoms with Gasteiger partial charge in [0.25, 0.3) is 0 Å². The van der Waals surface area contributed by atoms with Crippen LogP contribution in [-0.4, -0.2) is 0 Å². The van der Waals surface area contributed by atoms with Crippen LogP contribution in [0.2, 0.25) is 0 Å². The SMILES string of the molecule is CC(C)c1cccc2c3ccsc3cc-2c1. The molecule has 3 rings (SSSR count). The molecule has 0 fully saturated rings. The highest BCUT2D eigenvalue weighted by molar-refractivity contribution is 7.17. The molecule has 1 heteroatoms. The molecule has 1 heterocycles. The van der Waals surface area contributed by atoms with E-state index in [1.54, 1.807) is 0 Å². The largest absolute Gasteiger partial charge is 0.144 e. The normalized spacial score (nSPS) is 11.7. The third kappa shape index (κ3) is 1.43. The van der Waals surface area contributed by atoms with Crippen LogP contribution in [-0.2, 0) is 0 Å². The highest BCUT2D eigenvalue weighted by Crippen LogP contribution is 2.37. The van der Waals surface area contributed by atoms with Gasteiger partial charge in [0.15, 0.2) is 0 Å². The van der Waals surface area contributed by atoms with E-state index in [1.165, 1.54) is 26.8 Å². The molecule has 0 aromatic carbocycles. The molecule has 0 saturated carbocycles. The molecule has 0 unspecified atom stereocenters. The molecule has 0 radical (unpaired) electrons. The van der Waals surface area contributed by atoms with E-state index in [2.05, 4.69) is 55.6 Å². The van der Waals surface area contributed by atoms with Crippen molar-refractivity contribution < 1.29 is 0 Å². The van der Waals surface area contributed by atoms with Crippen LogP contribution in [0, 0.1) is 0 Å². The number of thiophene rings is 1. The molecule has 0 spiro atoms. The van der Waals surface area contributed by atoms with Crippen molar-refractivity contribution in [2.45, 2.75) is 19.8 Å². The Hall–Kier alpha value is -1.34. The molecule has 0 aliphatic heterocycles. The Morgan fingerprint density at radius 3 is 2.75 bits per heavy atom. The summed E-state index contributed by atoms with van der Waals surface area (Å²) >= 11 is 1.82. The summed E-state index contributed by atoms with van der Waals surface area (Å²) in [6.07, 6.45) is 0. The molecule has 0 atom stereocenters. The Morgan fingerprint density at radius 2 is 1.94 bits per heavy atom. The Balaban J connectivity index is 2.33. The summed E-state index contributed by atoms with van der Waals surface area (Å²) in [6.45, 7) is 4.49. The first-order chi connectivity index (χ1) is 7.75. The van der Waals surface area contributed by atoms with E-state index in [1.807, 2.05) is 11.3 Å². The quantitative estimate of drug-likeness (QED) is 0.539. The topological polar surface area (TPSA) is 0 Å². The third-order valence-corrected chi connectivity index (χ3v) is 3.99. The Kier molecular flexibility index (Phi) is 2.22. The summed E-state index contributed by atoms with van der Waals surface area (Å²) < 4.78 is 1.40. The predicted octanol–water partition coefficient (Wildman–Crippen LogP) is 5.13. The molecule has 0 N–H and O–H groups in total. The van der Waals surface area contributed by atoms with E-state index in [9.17, 15) is 0 Å². The van der Waals surface area contributed by atoms with Gasteiger partial charge in [-0.3, -0.25) is 0 Å². The fraction of sp³-hybridized carbons (Fsp3) is 0.200. The van der Waals surface area contributed by atoms with Crippen LogP contribution in [0.15, 0.2) is 41.8 Å². The number of rotatable bonds is 1. The zero-order valence-corrected chi connectivity index (χ0v) is 10.3. The fourth-order valence-electron chi connectivity index (χ4n) is 2.18. The maximum absolute atomic E-state index is 2.33. The molecule has 0 amide bonds. The fourth-order valence-corrected chi connectivity index (χ4v) is 3.03. The summed E-state index contributed by atoms with van der Waals surface area (Å²) in [4.78, 5) is 0. The molecule has 0 saturated heterocycles. The first-order valence-corrected chi connectivity index (χ1v) is 6.53. The molecule has 16 heavy (non-hydrogen) atoms. The van der Waals surface area contributed by atoms with Crippen LogP contribution in [0.25, 0.3) is 21.2 Å². The number of fused-ring (bicyclic) bond motifs is 3. The van der Waals surface area contributed by atoms with Gasteiger partial charge in [0, 0.05) is 10.1 Å². The maximum atomic E-state index is 2.33. The van der Waals surface area contributed by atoms with Crippen molar-refractivity contribution in [3.8, 4) is 11.1 Å². The van der Waals surface area contributed by atoms with Gasteiger partial charge in [-0.15, -0.1) is 11.3 Å². The van der Waals surface area contributed by atoms with Gasteiger partial charge in [-0.1, -0.05) is 38.1 Å². The van der Waals surface area contributed by atoms with Gasteiger partial charge in [-0.2, -0.15) is 0 Å². The lowest BCUT2D eigenvalue weighted by atomic mass is 10.0. The zero-order valence-electron chi connectivity index (χ0n) is 9.53. The molecule has 1 aromatic rings. The second-order valence-electron chi connectivity index (χ2n) is 4.54. The molecular weight excluding hydrogens is 212 g/mol. The van der Waals surface area contributed by atoms with Gasteiger partial charge < -0.3 is 0 Å². The van der Waals surface area contributed by atoms with E-state index in [4.69, 9.17) is 0 Å².